The van der Waals surface area contributed by atoms with E-state index in [1.807, 2.05) is 26.0 Å². The number of ether oxygens (including phenoxy) is 1. The minimum atomic E-state index is -5.38. The second-order valence-electron chi connectivity index (χ2n) is 12.7. The molecule has 0 radical (unpaired) electrons. The zero-order valence-corrected chi connectivity index (χ0v) is 27.6. The molecule has 262 valence electrons. The van der Waals surface area contributed by atoms with Crippen LogP contribution in [0.1, 0.15) is 63.1 Å². The number of carbonyl (C=O) groups is 5. The topological polar surface area (TPSA) is 167 Å². The first-order valence-electron chi connectivity index (χ1n) is 15.1. The van der Waals surface area contributed by atoms with Gasteiger partial charge in [-0.2, -0.15) is 18.7 Å². The normalized spacial score (nSPS) is 17.0. The summed E-state index contributed by atoms with van der Waals surface area (Å²) >= 11 is 0. The molecule has 48 heavy (non-hydrogen) atoms. The molecule has 2 atom stereocenters. The molecule has 4 amide bonds. The molecule has 1 aromatic heterocycles. The number of carbonyl (C=O) groups excluding carboxylic acids is 4. The third-order valence-corrected chi connectivity index (χ3v) is 7.86. The van der Waals surface area contributed by atoms with Gasteiger partial charge in [-0.05, 0) is 89.8 Å². The summed E-state index contributed by atoms with van der Waals surface area (Å²) in [5, 5.41) is 11.9. The number of rotatable bonds is 11. The molecule has 0 aliphatic carbocycles. The Morgan fingerprint density at radius 2 is 1.69 bits per heavy atom. The van der Waals surface area contributed by atoms with E-state index in [2.05, 4.69) is 15.1 Å². The SMILES string of the molecule is Cc1cc(COc2ccc(C3(C)CCN(C(CCNC(=O)CN(C(=O)O)C(C)(C)C)C(=O)NOC(=O)C(F)(F)F)C3=O)cc2)cc(C)n1. The van der Waals surface area contributed by atoms with Crippen molar-refractivity contribution in [2.24, 2.45) is 0 Å². The van der Waals surface area contributed by atoms with E-state index in [-0.39, 0.29) is 25.9 Å². The van der Waals surface area contributed by atoms with Gasteiger partial charge in [0.25, 0.3) is 5.91 Å². The number of pyridine rings is 1. The number of aromatic nitrogens is 1. The fourth-order valence-corrected chi connectivity index (χ4v) is 5.32. The average molecular weight is 680 g/mol. The summed E-state index contributed by atoms with van der Waals surface area (Å²) in [6, 6.07) is 9.19. The maximum Gasteiger partial charge on any atom is 0.493 e. The quantitative estimate of drug-likeness (QED) is 0.301. The molecule has 1 aliphatic rings. The van der Waals surface area contributed by atoms with E-state index in [1.54, 1.807) is 52.0 Å². The van der Waals surface area contributed by atoms with Crippen LogP contribution in [0.5, 0.6) is 5.75 Å². The van der Waals surface area contributed by atoms with Crippen LogP contribution in [0.15, 0.2) is 36.4 Å². The molecule has 1 fully saturated rings. The van der Waals surface area contributed by atoms with Crippen molar-refractivity contribution in [3.8, 4) is 5.75 Å². The molecule has 16 heteroatoms. The molecule has 0 spiro atoms. The van der Waals surface area contributed by atoms with Crippen LogP contribution in [0.4, 0.5) is 18.0 Å². The van der Waals surface area contributed by atoms with E-state index in [1.165, 1.54) is 5.48 Å². The Labute approximate surface area is 275 Å². The second kappa shape index (κ2) is 14.9. The number of hydrogen-bond acceptors (Lipinski definition) is 8. The molecule has 1 aliphatic heterocycles. The van der Waals surface area contributed by atoms with Gasteiger partial charge in [-0.1, -0.05) is 12.1 Å². The average Bonchev–Trinajstić information content (AvgIpc) is 3.28. The van der Waals surface area contributed by atoms with Crippen LogP contribution in [0, 0.1) is 13.8 Å². The molecule has 0 saturated carbocycles. The number of carboxylic acid groups (broad SMARTS) is 1. The van der Waals surface area contributed by atoms with Crippen LogP contribution in [0.2, 0.25) is 0 Å². The van der Waals surface area contributed by atoms with Gasteiger partial charge < -0.3 is 24.9 Å². The molecule has 1 saturated heterocycles. The summed E-state index contributed by atoms with van der Waals surface area (Å²) in [7, 11) is 0. The molecule has 13 nitrogen and oxygen atoms in total. The minimum Gasteiger partial charge on any atom is -0.489 e. The predicted octanol–water partition coefficient (Wildman–Crippen LogP) is 3.56. The summed E-state index contributed by atoms with van der Waals surface area (Å²) < 4.78 is 44.0. The molecule has 3 rings (SSSR count). The number of nitrogens with zero attached hydrogens (tertiary/aromatic N) is 3. The third kappa shape index (κ3) is 9.58. The van der Waals surface area contributed by atoms with E-state index >= 15 is 0 Å². The lowest BCUT2D eigenvalue weighted by Crippen LogP contribution is -2.52. The van der Waals surface area contributed by atoms with E-state index in [0.717, 1.165) is 26.8 Å². The first-order chi connectivity index (χ1) is 22.2. The lowest BCUT2D eigenvalue weighted by Gasteiger charge is -2.32. The molecule has 1 aromatic carbocycles. The Morgan fingerprint density at radius 1 is 1.08 bits per heavy atom. The molecule has 2 heterocycles. The number of aryl methyl sites for hydroxylation is 2. The Kier molecular flexibility index (Phi) is 11.7. The Morgan fingerprint density at radius 3 is 2.23 bits per heavy atom. The number of hydrogen-bond donors (Lipinski definition) is 3. The van der Waals surface area contributed by atoms with Crippen molar-refractivity contribution in [2.75, 3.05) is 19.6 Å². The standard InChI is InChI=1S/C32H40F3N5O8/c1-19-15-21(16-20(2)37-19)18-47-23-9-7-22(8-10-23)31(6)12-14-39(27(31)43)24(26(42)38-48-28(44)32(33,34)35)11-13-36-25(41)17-40(29(45)46)30(3,4)5/h7-10,15-16,24H,11-14,17-18H2,1-6H3,(H,36,41)(H,38,42)(H,45,46). The van der Waals surface area contributed by atoms with Gasteiger partial charge >= 0.3 is 18.2 Å². The van der Waals surface area contributed by atoms with Gasteiger partial charge in [0, 0.05) is 30.0 Å². The molecular formula is C32H40F3N5O8. The van der Waals surface area contributed by atoms with E-state index in [0.29, 0.717) is 17.9 Å². The second-order valence-corrected chi connectivity index (χ2v) is 12.7. The summed E-state index contributed by atoms with van der Waals surface area (Å²) in [6.45, 7) is 9.75. The largest absolute Gasteiger partial charge is 0.493 e. The van der Waals surface area contributed by atoms with Crippen molar-refractivity contribution >= 4 is 29.8 Å². The first kappa shape index (κ1) is 37.6. The summed E-state index contributed by atoms with van der Waals surface area (Å²) in [5.41, 5.74) is 2.71. The Balaban J connectivity index is 1.73. The van der Waals surface area contributed by atoms with Crippen LogP contribution < -0.4 is 15.5 Å². The van der Waals surface area contributed by atoms with Crippen molar-refractivity contribution in [1.82, 2.24) is 25.6 Å². The van der Waals surface area contributed by atoms with Crippen LogP contribution >= 0.6 is 0 Å². The van der Waals surface area contributed by atoms with Crippen LogP contribution in [-0.2, 0) is 36.0 Å². The molecule has 3 N–H and O–H groups in total. The van der Waals surface area contributed by atoms with Gasteiger partial charge in [-0.25, -0.2) is 9.59 Å². The predicted molar refractivity (Wildman–Crippen MR) is 164 cm³/mol. The van der Waals surface area contributed by atoms with Crippen LogP contribution in [0.3, 0.4) is 0 Å². The molecular weight excluding hydrogens is 639 g/mol. The van der Waals surface area contributed by atoms with Crippen molar-refractivity contribution in [3.05, 3.63) is 58.9 Å². The smallest absolute Gasteiger partial charge is 0.489 e. The van der Waals surface area contributed by atoms with E-state index < -0.39 is 59.5 Å². The van der Waals surface area contributed by atoms with Crippen LogP contribution in [-0.4, -0.2) is 87.1 Å². The molecule has 2 unspecified atom stereocenters. The number of nitrogens with one attached hydrogen (secondary N) is 2. The zero-order valence-electron chi connectivity index (χ0n) is 27.6. The van der Waals surface area contributed by atoms with Gasteiger partial charge in [0.1, 0.15) is 24.9 Å². The van der Waals surface area contributed by atoms with Crippen molar-refractivity contribution < 1.29 is 51.8 Å². The fourth-order valence-electron chi connectivity index (χ4n) is 5.32. The summed E-state index contributed by atoms with van der Waals surface area (Å²) in [6.07, 6.45) is -6.76. The number of alkyl halides is 3. The fraction of sp³-hybridized carbons (Fsp3) is 0.500. The number of hydroxylamine groups is 1. The number of likely N-dealkylation sites (tertiary alicyclic amines) is 1. The van der Waals surface area contributed by atoms with Gasteiger partial charge in [0.2, 0.25) is 11.8 Å². The number of benzene rings is 1. The summed E-state index contributed by atoms with van der Waals surface area (Å²) in [5.74, 6) is -4.55. The van der Waals surface area contributed by atoms with E-state index in [4.69, 9.17) is 4.74 Å². The highest BCUT2D eigenvalue weighted by molar-refractivity contribution is 5.95. The van der Waals surface area contributed by atoms with Crippen molar-refractivity contribution in [2.45, 2.75) is 84.2 Å². The van der Waals surface area contributed by atoms with Crippen molar-refractivity contribution in [3.63, 3.8) is 0 Å². The first-order valence-corrected chi connectivity index (χ1v) is 15.1. The maximum absolute atomic E-state index is 13.8. The zero-order chi connectivity index (χ0) is 36.0. The third-order valence-electron chi connectivity index (χ3n) is 7.86. The van der Waals surface area contributed by atoms with Gasteiger partial charge in [0.05, 0.1) is 5.41 Å². The number of halogens is 3. The Bertz CT molecular complexity index is 1510. The monoisotopic (exact) mass is 679 g/mol. The highest BCUT2D eigenvalue weighted by atomic mass is 19.4. The summed E-state index contributed by atoms with van der Waals surface area (Å²) in [4.78, 5) is 72.5. The molecule has 2 aromatic rings. The highest BCUT2D eigenvalue weighted by Gasteiger charge is 2.48. The minimum absolute atomic E-state index is 0.0183. The number of amides is 4. The van der Waals surface area contributed by atoms with E-state index in [9.17, 15) is 42.3 Å². The lowest BCUT2D eigenvalue weighted by atomic mass is 9.81. The van der Waals surface area contributed by atoms with Gasteiger partial charge in [0.15, 0.2) is 0 Å². The Hall–Kier alpha value is -4.89. The lowest BCUT2D eigenvalue weighted by molar-refractivity contribution is -0.208. The van der Waals surface area contributed by atoms with Crippen molar-refractivity contribution in [1.29, 1.82) is 0 Å². The maximum atomic E-state index is 13.8. The van der Waals surface area contributed by atoms with Gasteiger partial charge in [-0.15, -0.1) is 0 Å². The van der Waals surface area contributed by atoms with Gasteiger partial charge in [-0.3, -0.25) is 24.3 Å². The molecule has 0 bridgehead atoms. The van der Waals surface area contributed by atoms with Crippen LogP contribution in [0.25, 0.3) is 0 Å². The highest BCUT2D eigenvalue weighted by Crippen LogP contribution is 2.37.